The molecular weight excluding hydrogens is 321 g/mol. The molecule has 2 aromatic rings. The molecule has 25 heavy (non-hydrogen) atoms. The molecule has 0 radical (unpaired) electrons. The standard InChI is InChI=1S/C19H22FN3O2/c20-15-4-3-5-16(12-15)23-17(6-10-21-23)22-18(24)14-7-11-25-19(13-14)8-1-2-9-19/h3-6,10,12,14H,1-2,7-9,11,13H2,(H,22,24). The SMILES string of the molecule is O=C(Nc1ccnn1-c1cccc(F)c1)C1CCOC2(CCCC2)C1. The van der Waals surface area contributed by atoms with Crippen molar-refractivity contribution in [2.75, 3.05) is 11.9 Å². The van der Waals surface area contributed by atoms with Crippen LogP contribution in [-0.2, 0) is 9.53 Å². The van der Waals surface area contributed by atoms with Crippen LogP contribution in [0.2, 0.25) is 0 Å². The summed E-state index contributed by atoms with van der Waals surface area (Å²) in [4.78, 5) is 12.8. The highest BCUT2D eigenvalue weighted by atomic mass is 19.1. The number of ether oxygens (including phenoxy) is 1. The summed E-state index contributed by atoms with van der Waals surface area (Å²) >= 11 is 0. The quantitative estimate of drug-likeness (QED) is 0.925. The zero-order valence-corrected chi connectivity index (χ0v) is 14.1. The third-order valence-electron chi connectivity index (χ3n) is 5.33. The van der Waals surface area contributed by atoms with E-state index in [0.717, 1.165) is 25.7 Å². The largest absolute Gasteiger partial charge is 0.375 e. The molecule has 6 heteroatoms. The minimum Gasteiger partial charge on any atom is -0.375 e. The van der Waals surface area contributed by atoms with Crippen LogP contribution in [0.3, 0.4) is 0 Å². The molecule has 1 aliphatic carbocycles. The Morgan fingerprint density at radius 1 is 1.32 bits per heavy atom. The number of benzene rings is 1. The summed E-state index contributed by atoms with van der Waals surface area (Å²) in [5.41, 5.74) is 0.489. The molecule has 132 valence electrons. The number of carbonyl (C=O) groups is 1. The van der Waals surface area contributed by atoms with E-state index in [0.29, 0.717) is 18.1 Å². The van der Waals surface area contributed by atoms with Crippen LogP contribution < -0.4 is 5.32 Å². The molecule has 5 nitrogen and oxygen atoms in total. The minimum atomic E-state index is -0.335. The molecule has 1 aliphatic heterocycles. The van der Waals surface area contributed by atoms with E-state index in [2.05, 4.69) is 10.4 Å². The van der Waals surface area contributed by atoms with Crippen LogP contribution in [0.5, 0.6) is 0 Å². The van der Waals surface area contributed by atoms with E-state index in [4.69, 9.17) is 4.74 Å². The van der Waals surface area contributed by atoms with Gasteiger partial charge in [-0.25, -0.2) is 9.07 Å². The fourth-order valence-corrected chi connectivity index (χ4v) is 4.06. The molecule has 1 aromatic carbocycles. The maximum atomic E-state index is 13.5. The lowest BCUT2D eigenvalue weighted by molar-refractivity contribution is -0.133. The van der Waals surface area contributed by atoms with Crippen molar-refractivity contribution in [2.24, 2.45) is 5.92 Å². The predicted octanol–water partition coefficient (Wildman–Crippen LogP) is 3.69. The van der Waals surface area contributed by atoms with Gasteiger partial charge in [0, 0.05) is 18.6 Å². The number of anilines is 1. The first kappa shape index (κ1) is 16.3. The number of carbonyl (C=O) groups excluding carboxylic acids is 1. The van der Waals surface area contributed by atoms with E-state index in [1.54, 1.807) is 29.1 Å². The Labute approximate surface area is 146 Å². The molecule has 1 aromatic heterocycles. The highest BCUT2D eigenvalue weighted by Crippen LogP contribution is 2.42. The molecular formula is C19H22FN3O2. The molecule has 1 N–H and O–H groups in total. The average Bonchev–Trinajstić information content (AvgIpc) is 3.25. The van der Waals surface area contributed by atoms with Gasteiger partial charge in [-0.15, -0.1) is 0 Å². The van der Waals surface area contributed by atoms with Crippen molar-refractivity contribution in [1.82, 2.24) is 9.78 Å². The molecule has 1 saturated heterocycles. The Morgan fingerprint density at radius 2 is 2.16 bits per heavy atom. The molecule has 1 atom stereocenters. The van der Waals surface area contributed by atoms with Crippen LogP contribution in [0.1, 0.15) is 38.5 Å². The van der Waals surface area contributed by atoms with E-state index >= 15 is 0 Å². The van der Waals surface area contributed by atoms with Crippen LogP contribution in [0.15, 0.2) is 36.5 Å². The lowest BCUT2D eigenvalue weighted by Gasteiger charge is -2.37. The van der Waals surface area contributed by atoms with Crippen molar-refractivity contribution in [3.8, 4) is 5.69 Å². The molecule has 1 spiro atoms. The lowest BCUT2D eigenvalue weighted by Crippen LogP contribution is -2.41. The third kappa shape index (κ3) is 3.31. The smallest absolute Gasteiger partial charge is 0.228 e. The predicted molar refractivity (Wildman–Crippen MR) is 92.0 cm³/mol. The first-order valence-corrected chi connectivity index (χ1v) is 8.90. The van der Waals surface area contributed by atoms with E-state index < -0.39 is 0 Å². The van der Waals surface area contributed by atoms with Gasteiger partial charge in [0.15, 0.2) is 0 Å². The van der Waals surface area contributed by atoms with Crippen LogP contribution in [0.4, 0.5) is 10.2 Å². The number of rotatable bonds is 3. The molecule has 2 fully saturated rings. The van der Waals surface area contributed by atoms with Crippen molar-refractivity contribution in [3.05, 3.63) is 42.3 Å². The summed E-state index contributed by atoms with van der Waals surface area (Å²) in [6.07, 6.45) is 7.59. The fraction of sp³-hybridized carbons (Fsp3) is 0.474. The van der Waals surface area contributed by atoms with Crippen molar-refractivity contribution in [1.29, 1.82) is 0 Å². The van der Waals surface area contributed by atoms with Crippen molar-refractivity contribution >= 4 is 11.7 Å². The van der Waals surface area contributed by atoms with Gasteiger partial charge < -0.3 is 10.1 Å². The average molecular weight is 343 g/mol. The van der Waals surface area contributed by atoms with Gasteiger partial charge >= 0.3 is 0 Å². The monoisotopic (exact) mass is 343 g/mol. The Balaban J connectivity index is 1.49. The molecule has 2 heterocycles. The summed E-state index contributed by atoms with van der Waals surface area (Å²) in [7, 11) is 0. The summed E-state index contributed by atoms with van der Waals surface area (Å²) < 4.78 is 21.0. The highest BCUT2D eigenvalue weighted by molar-refractivity contribution is 5.92. The second kappa shape index (κ2) is 6.59. The maximum Gasteiger partial charge on any atom is 0.228 e. The van der Waals surface area contributed by atoms with E-state index in [1.165, 1.54) is 25.0 Å². The lowest BCUT2D eigenvalue weighted by atomic mass is 9.84. The number of hydrogen-bond acceptors (Lipinski definition) is 3. The zero-order chi connectivity index (χ0) is 17.3. The topological polar surface area (TPSA) is 56.2 Å². The molecule has 0 bridgehead atoms. The van der Waals surface area contributed by atoms with Crippen molar-refractivity contribution in [2.45, 2.75) is 44.1 Å². The number of aromatic nitrogens is 2. The summed E-state index contributed by atoms with van der Waals surface area (Å²) in [5.74, 6) is 0.163. The first-order chi connectivity index (χ1) is 12.2. The van der Waals surface area contributed by atoms with Gasteiger partial charge in [0.25, 0.3) is 0 Å². The number of hydrogen-bond donors (Lipinski definition) is 1. The normalized spacial score (nSPS) is 22.2. The van der Waals surface area contributed by atoms with Gasteiger partial charge in [0.05, 0.1) is 17.5 Å². The Bertz CT molecular complexity index is 768. The zero-order valence-electron chi connectivity index (χ0n) is 14.1. The third-order valence-corrected chi connectivity index (χ3v) is 5.33. The van der Waals surface area contributed by atoms with E-state index in [-0.39, 0.29) is 23.2 Å². The second-order valence-electron chi connectivity index (χ2n) is 7.03. The van der Waals surface area contributed by atoms with Crippen LogP contribution in [0.25, 0.3) is 5.69 Å². The highest BCUT2D eigenvalue weighted by Gasteiger charge is 2.42. The van der Waals surface area contributed by atoms with Crippen molar-refractivity contribution < 1.29 is 13.9 Å². The van der Waals surface area contributed by atoms with Crippen LogP contribution in [-0.4, -0.2) is 27.9 Å². The molecule has 4 rings (SSSR count). The maximum absolute atomic E-state index is 13.5. The number of nitrogens with zero attached hydrogens (tertiary/aromatic N) is 2. The molecule has 1 unspecified atom stereocenters. The first-order valence-electron chi connectivity index (χ1n) is 8.90. The number of halogens is 1. The summed E-state index contributed by atoms with van der Waals surface area (Å²) in [6.45, 7) is 0.640. The summed E-state index contributed by atoms with van der Waals surface area (Å²) in [5, 5.41) is 7.18. The van der Waals surface area contributed by atoms with Crippen LogP contribution in [0, 0.1) is 11.7 Å². The van der Waals surface area contributed by atoms with Gasteiger partial charge in [-0.05, 0) is 43.9 Å². The minimum absolute atomic E-state index is 0.00673. The van der Waals surface area contributed by atoms with Gasteiger partial charge in [-0.3, -0.25) is 4.79 Å². The summed E-state index contributed by atoms with van der Waals surface area (Å²) in [6, 6.07) is 7.89. The van der Waals surface area contributed by atoms with Gasteiger partial charge in [0.1, 0.15) is 11.6 Å². The molecule has 1 saturated carbocycles. The molecule has 2 aliphatic rings. The van der Waals surface area contributed by atoms with Crippen LogP contribution >= 0.6 is 0 Å². The Hall–Kier alpha value is -2.21. The Morgan fingerprint density at radius 3 is 2.96 bits per heavy atom. The van der Waals surface area contributed by atoms with Gasteiger partial charge in [-0.1, -0.05) is 18.9 Å². The second-order valence-corrected chi connectivity index (χ2v) is 7.03. The Kier molecular flexibility index (Phi) is 4.29. The number of amides is 1. The fourth-order valence-electron chi connectivity index (χ4n) is 4.06. The number of nitrogens with one attached hydrogen (secondary N) is 1. The van der Waals surface area contributed by atoms with E-state index in [9.17, 15) is 9.18 Å². The molecule has 1 amide bonds. The van der Waals surface area contributed by atoms with Gasteiger partial charge in [-0.2, -0.15) is 5.10 Å². The van der Waals surface area contributed by atoms with Crippen molar-refractivity contribution in [3.63, 3.8) is 0 Å². The van der Waals surface area contributed by atoms with Gasteiger partial charge in [0.2, 0.25) is 5.91 Å². The van der Waals surface area contributed by atoms with E-state index in [1.807, 2.05) is 0 Å².